The summed E-state index contributed by atoms with van der Waals surface area (Å²) >= 11 is 0. The number of non-ortho nitro benzene ring substituents is 1. The van der Waals surface area contributed by atoms with Gasteiger partial charge in [0.25, 0.3) is 21.6 Å². The fourth-order valence-corrected chi connectivity index (χ4v) is 4.15. The van der Waals surface area contributed by atoms with E-state index in [0.29, 0.717) is 16.9 Å². The molecule has 0 bridgehead atoms. The standard InChI is InChI=1S/C21H21N3O6S/c1-13-10-18(24(26)27)12-20(14(13)2)31(28,29)23-22-21(25)15(3)30-19-9-8-16-6-4-5-7-17(16)11-19/h4-12,15,23H,1-3H3,(H,22,25)/t15-/m1/s1. The molecular formula is C21H21N3O6S. The van der Waals surface area contributed by atoms with Crippen molar-refractivity contribution in [2.45, 2.75) is 31.8 Å². The van der Waals surface area contributed by atoms with Crippen LogP contribution >= 0.6 is 0 Å². The van der Waals surface area contributed by atoms with Crippen molar-refractivity contribution < 1.29 is 22.9 Å². The summed E-state index contributed by atoms with van der Waals surface area (Å²) < 4.78 is 30.9. The van der Waals surface area contributed by atoms with Gasteiger partial charge < -0.3 is 4.74 Å². The second-order valence-corrected chi connectivity index (χ2v) is 8.66. The van der Waals surface area contributed by atoms with Crippen LogP contribution in [0.3, 0.4) is 0 Å². The summed E-state index contributed by atoms with van der Waals surface area (Å²) in [5.41, 5.74) is 2.52. The number of sulfonamides is 1. The lowest BCUT2D eigenvalue weighted by Gasteiger charge is -2.16. The van der Waals surface area contributed by atoms with Crippen molar-refractivity contribution in [3.8, 4) is 5.75 Å². The molecule has 2 N–H and O–H groups in total. The largest absolute Gasteiger partial charge is 0.481 e. The van der Waals surface area contributed by atoms with Crippen molar-refractivity contribution in [2.24, 2.45) is 0 Å². The molecule has 162 valence electrons. The monoisotopic (exact) mass is 443 g/mol. The van der Waals surface area contributed by atoms with Gasteiger partial charge in [-0.2, -0.15) is 0 Å². The summed E-state index contributed by atoms with van der Waals surface area (Å²) in [5, 5.41) is 13.0. The number of aryl methyl sites for hydroxylation is 1. The number of benzene rings is 3. The van der Waals surface area contributed by atoms with E-state index in [4.69, 9.17) is 4.74 Å². The molecule has 0 heterocycles. The van der Waals surface area contributed by atoms with Crippen LogP contribution in [0.15, 0.2) is 59.5 Å². The van der Waals surface area contributed by atoms with Crippen LogP contribution in [0.2, 0.25) is 0 Å². The fourth-order valence-electron chi connectivity index (χ4n) is 2.97. The first-order valence-corrected chi connectivity index (χ1v) is 10.8. The number of carbonyl (C=O) groups excluding carboxylic acids is 1. The second kappa shape index (κ2) is 8.70. The molecule has 0 aromatic heterocycles. The average molecular weight is 443 g/mol. The Bertz CT molecular complexity index is 1270. The maximum Gasteiger partial charge on any atom is 0.275 e. The number of fused-ring (bicyclic) bond motifs is 1. The van der Waals surface area contributed by atoms with E-state index in [9.17, 15) is 23.3 Å². The summed E-state index contributed by atoms with van der Waals surface area (Å²) in [6, 6.07) is 15.2. The molecule has 1 atom stereocenters. The molecule has 31 heavy (non-hydrogen) atoms. The van der Waals surface area contributed by atoms with Gasteiger partial charge in [-0.05, 0) is 54.8 Å². The number of nitro benzene ring substituents is 1. The van der Waals surface area contributed by atoms with Crippen LogP contribution in [-0.4, -0.2) is 25.4 Å². The topological polar surface area (TPSA) is 128 Å². The number of rotatable bonds is 7. The third-order valence-corrected chi connectivity index (χ3v) is 6.19. The maximum absolute atomic E-state index is 12.6. The second-order valence-electron chi connectivity index (χ2n) is 7.01. The molecule has 1 amide bonds. The van der Waals surface area contributed by atoms with E-state index in [1.165, 1.54) is 19.9 Å². The van der Waals surface area contributed by atoms with Crippen LogP contribution in [0.5, 0.6) is 5.75 Å². The number of nitrogens with one attached hydrogen (secondary N) is 2. The maximum atomic E-state index is 12.6. The van der Waals surface area contributed by atoms with Gasteiger partial charge in [-0.3, -0.25) is 20.3 Å². The number of hydrazine groups is 1. The smallest absolute Gasteiger partial charge is 0.275 e. The van der Waals surface area contributed by atoms with E-state index in [0.717, 1.165) is 16.8 Å². The van der Waals surface area contributed by atoms with Crippen LogP contribution in [0.4, 0.5) is 5.69 Å². The quantitative estimate of drug-likeness (QED) is 0.426. The van der Waals surface area contributed by atoms with Crippen LogP contribution < -0.4 is 15.0 Å². The SMILES string of the molecule is Cc1cc([N+](=O)[O-])cc(S(=O)(=O)NNC(=O)[C@@H](C)Oc2ccc3ccccc3c2)c1C. The van der Waals surface area contributed by atoms with Crippen LogP contribution in [-0.2, 0) is 14.8 Å². The fraction of sp³-hybridized carbons (Fsp3) is 0.190. The Morgan fingerprint density at radius 1 is 1.06 bits per heavy atom. The lowest BCUT2D eigenvalue weighted by atomic mass is 10.1. The Labute approximate surface area is 179 Å². The van der Waals surface area contributed by atoms with Crippen molar-refractivity contribution in [3.05, 3.63) is 75.8 Å². The number of nitrogens with zero attached hydrogens (tertiary/aromatic N) is 1. The Morgan fingerprint density at radius 3 is 2.42 bits per heavy atom. The Kier molecular flexibility index (Phi) is 6.23. The van der Waals surface area contributed by atoms with Crippen molar-refractivity contribution >= 4 is 32.4 Å². The molecule has 0 aliphatic rings. The van der Waals surface area contributed by atoms with E-state index in [1.807, 2.05) is 35.2 Å². The molecular weight excluding hydrogens is 422 g/mol. The normalized spacial score (nSPS) is 12.4. The van der Waals surface area contributed by atoms with Crippen molar-refractivity contribution in [1.29, 1.82) is 0 Å². The average Bonchev–Trinajstić information content (AvgIpc) is 2.73. The number of carbonyl (C=O) groups is 1. The molecule has 0 fully saturated rings. The predicted molar refractivity (Wildman–Crippen MR) is 115 cm³/mol. The summed E-state index contributed by atoms with van der Waals surface area (Å²) in [5.74, 6) is -0.272. The Balaban J connectivity index is 1.71. The first-order valence-electron chi connectivity index (χ1n) is 9.31. The van der Waals surface area contributed by atoms with Gasteiger partial charge >= 0.3 is 0 Å². The first-order chi connectivity index (χ1) is 14.6. The van der Waals surface area contributed by atoms with Gasteiger partial charge in [0.2, 0.25) is 0 Å². The highest BCUT2D eigenvalue weighted by molar-refractivity contribution is 7.89. The minimum Gasteiger partial charge on any atom is -0.481 e. The minimum absolute atomic E-state index is 0.289. The summed E-state index contributed by atoms with van der Waals surface area (Å²) in [4.78, 5) is 24.4. The van der Waals surface area contributed by atoms with Gasteiger partial charge in [0.1, 0.15) is 5.75 Å². The van der Waals surface area contributed by atoms with E-state index in [2.05, 4.69) is 5.43 Å². The third-order valence-electron chi connectivity index (χ3n) is 4.82. The van der Waals surface area contributed by atoms with E-state index >= 15 is 0 Å². The molecule has 3 aromatic carbocycles. The van der Waals surface area contributed by atoms with Crippen LogP contribution in [0.25, 0.3) is 10.8 Å². The first kappa shape index (κ1) is 22.2. The number of amides is 1. The zero-order valence-electron chi connectivity index (χ0n) is 17.1. The lowest BCUT2D eigenvalue weighted by molar-refractivity contribution is -0.385. The van der Waals surface area contributed by atoms with Gasteiger partial charge in [-0.25, -0.2) is 8.42 Å². The highest BCUT2D eigenvalue weighted by atomic mass is 32.2. The summed E-state index contributed by atoms with van der Waals surface area (Å²) in [7, 11) is -4.24. The molecule has 0 unspecified atom stereocenters. The van der Waals surface area contributed by atoms with Gasteiger partial charge in [0.15, 0.2) is 6.10 Å². The zero-order valence-corrected chi connectivity index (χ0v) is 17.9. The van der Waals surface area contributed by atoms with Crippen molar-refractivity contribution in [3.63, 3.8) is 0 Å². The van der Waals surface area contributed by atoms with Crippen LogP contribution in [0, 0.1) is 24.0 Å². The lowest BCUT2D eigenvalue weighted by Crippen LogP contribution is -2.47. The predicted octanol–water partition coefficient (Wildman–Crippen LogP) is 3.14. The molecule has 9 nitrogen and oxygen atoms in total. The van der Waals surface area contributed by atoms with E-state index in [-0.39, 0.29) is 10.6 Å². The highest BCUT2D eigenvalue weighted by Gasteiger charge is 2.24. The van der Waals surface area contributed by atoms with Gasteiger partial charge in [-0.15, -0.1) is 4.83 Å². The molecule has 0 spiro atoms. The summed E-state index contributed by atoms with van der Waals surface area (Å²) in [6.07, 6.45) is -1.00. The molecule has 0 aliphatic heterocycles. The molecule has 0 aliphatic carbocycles. The molecule has 0 saturated carbocycles. The number of hydrogen-bond donors (Lipinski definition) is 2. The number of ether oxygens (including phenoxy) is 1. The van der Waals surface area contributed by atoms with Crippen LogP contribution in [0.1, 0.15) is 18.1 Å². The molecule has 10 heteroatoms. The molecule has 0 saturated heterocycles. The Hall–Kier alpha value is -3.50. The van der Waals surface area contributed by atoms with E-state index < -0.39 is 27.0 Å². The van der Waals surface area contributed by atoms with Gasteiger partial charge in [0, 0.05) is 12.1 Å². The highest BCUT2D eigenvalue weighted by Crippen LogP contribution is 2.25. The minimum atomic E-state index is -4.24. The molecule has 3 rings (SSSR count). The van der Waals surface area contributed by atoms with Gasteiger partial charge in [-0.1, -0.05) is 30.3 Å². The van der Waals surface area contributed by atoms with E-state index in [1.54, 1.807) is 19.1 Å². The van der Waals surface area contributed by atoms with Crippen molar-refractivity contribution in [1.82, 2.24) is 10.3 Å². The molecule has 3 aromatic rings. The van der Waals surface area contributed by atoms with Gasteiger partial charge in [0.05, 0.1) is 9.82 Å². The Morgan fingerprint density at radius 2 is 1.74 bits per heavy atom. The number of hydrogen-bond acceptors (Lipinski definition) is 6. The number of nitro groups is 1. The summed E-state index contributed by atoms with van der Waals surface area (Å²) in [6.45, 7) is 4.57. The molecule has 0 radical (unpaired) electrons. The zero-order chi connectivity index (χ0) is 22.8. The van der Waals surface area contributed by atoms with Crippen molar-refractivity contribution in [2.75, 3.05) is 0 Å². The third kappa shape index (κ3) is 4.98.